The van der Waals surface area contributed by atoms with Crippen LogP contribution < -0.4 is 11.3 Å². The lowest BCUT2D eigenvalue weighted by Gasteiger charge is -2.07. The summed E-state index contributed by atoms with van der Waals surface area (Å²) < 4.78 is 24.7. The van der Waals surface area contributed by atoms with Crippen molar-refractivity contribution < 1.29 is 13.9 Å². The van der Waals surface area contributed by atoms with Gasteiger partial charge in [0.05, 0.1) is 12.2 Å². The van der Waals surface area contributed by atoms with Gasteiger partial charge in [-0.05, 0) is 11.6 Å². The number of aliphatic hydroxyl groups excluding tert-OH is 1. The number of aromatic nitrogens is 1. The van der Waals surface area contributed by atoms with E-state index < -0.39 is 24.2 Å². The number of pyridine rings is 1. The maximum Gasteiger partial charge on any atom is 0.269 e. The molecule has 0 spiro atoms. The minimum Gasteiger partial charge on any atom is -0.392 e. The number of aliphatic hydroxyl groups is 1. The molecule has 6 heteroatoms. The molecule has 0 bridgehead atoms. The van der Waals surface area contributed by atoms with Crippen molar-refractivity contribution in [2.75, 3.05) is 0 Å². The number of nitrogens with one attached hydrogen (secondary N) is 1. The highest BCUT2D eigenvalue weighted by molar-refractivity contribution is 5.27. The summed E-state index contributed by atoms with van der Waals surface area (Å²) in [5, 5.41) is 8.78. The van der Waals surface area contributed by atoms with Gasteiger partial charge in [0.25, 0.3) is 12.0 Å². The smallest absolute Gasteiger partial charge is 0.269 e. The Morgan fingerprint density at radius 1 is 1.57 bits per heavy atom. The van der Waals surface area contributed by atoms with Crippen LogP contribution >= 0.6 is 0 Å². The topological polar surface area (TPSA) is 79.1 Å². The fourth-order valence-electron chi connectivity index (χ4n) is 1.16. The van der Waals surface area contributed by atoms with Crippen molar-refractivity contribution in [2.24, 2.45) is 5.73 Å². The molecule has 4 N–H and O–H groups in total. The largest absolute Gasteiger partial charge is 0.392 e. The van der Waals surface area contributed by atoms with E-state index in [1.54, 1.807) is 0 Å². The molecule has 1 aromatic heterocycles. The average Bonchev–Trinajstić information content (AvgIpc) is 2.15. The summed E-state index contributed by atoms with van der Waals surface area (Å²) in [5.74, 6) is 0. The lowest BCUT2D eigenvalue weighted by atomic mass is 10.1. The predicted octanol–water partition coefficient (Wildman–Crippen LogP) is 0.264. The van der Waals surface area contributed by atoms with Crippen LogP contribution in [-0.4, -0.2) is 10.1 Å². The molecular weight excluding hydrogens is 194 g/mol. The summed E-state index contributed by atoms with van der Waals surface area (Å²) in [6, 6.07) is 1.27. The molecule has 0 unspecified atom stereocenters. The van der Waals surface area contributed by atoms with Crippen molar-refractivity contribution in [3.8, 4) is 0 Å². The quantitative estimate of drug-likeness (QED) is 0.660. The van der Waals surface area contributed by atoms with Gasteiger partial charge in [0, 0.05) is 12.2 Å². The van der Waals surface area contributed by atoms with Gasteiger partial charge < -0.3 is 15.8 Å². The van der Waals surface area contributed by atoms with Gasteiger partial charge in [0.1, 0.15) is 0 Å². The Balaban J connectivity index is 3.35. The van der Waals surface area contributed by atoms with Crippen LogP contribution in [0, 0.1) is 0 Å². The number of hydrogen-bond donors (Lipinski definition) is 3. The van der Waals surface area contributed by atoms with Crippen molar-refractivity contribution in [2.45, 2.75) is 19.6 Å². The van der Waals surface area contributed by atoms with Crippen LogP contribution in [0.1, 0.15) is 23.2 Å². The number of hydrogen-bond acceptors (Lipinski definition) is 3. The predicted molar refractivity (Wildman–Crippen MR) is 45.8 cm³/mol. The van der Waals surface area contributed by atoms with Crippen LogP contribution in [0.25, 0.3) is 0 Å². The van der Waals surface area contributed by atoms with Gasteiger partial charge >= 0.3 is 0 Å². The first-order valence-corrected chi connectivity index (χ1v) is 3.94. The molecule has 0 aliphatic carbocycles. The maximum absolute atomic E-state index is 12.3. The van der Waals surface area contributed by atoms with Crippen molar-refractivity contribution in [3.05, 3.63) is 33.2 Å². The Bertz CT molecular complexity index is 376. The molecule has 0 radical (unpaired) electrons. The molecule has 0 fully saturated rings. The van der Waals surface area contributed by atoms with Crippen molar-refractivity contribution >= 4 is 0 Å². The molecule has 0 atom stereocenters. The number of rotatable bonds is 3. The van der Waals surface area contributed by atoms with Crippen molar-refractivity contribution in [1.82, 2.24) is 4.98 Å². The van der Waals surface area contributed by atoms with Gasteiger partial charge in [-0.2, -0.15) is 0 Å². The first kappa shape index (κ1) is 10.8. The third kappa shape index (κ3) is 1.97. The SMILES string of the molecule is NCc1cc(CO)c(C(F)F)c(=O)[nH]1. The molecule has 0 amide bonds. The highest BCUT2D eigenvalue weighted by atomic mass is 19.3. The minimum atomic E-state index is -2.90. The molecule has 1 heterocycles. The van der Waals surface area contributed by atoms with Crippen LogP contribution in [-0.2, 0) is 13.2 Å². The van der Waals surface area contributed by atoms with E-state index in [2.05, 4.69) is 4.98 Å². The minimum absolute atomic E-state index is 0.0335. The molecule has 4 nitrogen and oxygen atoms in total. The van der Waals surface area contributed by atoms with Crippen LogP contribution in [0.3, 0.4) is 0 Å². The van der Waals surface area contributed by atoms with Crippen molar-refractivity contribution in [1.29, 1.82) is 0 Å². The summed E-state index contributed by atoms with van der Waals surface area (Å²) in [6.07, 6.45) is -2.90. The summed E-state index contributed by atoms with van der Waals surface area (Å²) >= 11 is 0. The first-order valence-electron chi connectivity index (χ1n) is 3.94. The van der Waals surface area contributed by atoms with Gasteiger partial charge in [-0.25, -0.2) is 8.78 Å². The molecule has 0 saturated carbocycles. The molecule has 0 saturated heterocycles. The van der Waals surface area contributed by atoms with E-state index in [0.717, 1.165) is 0 Å². The number of aromatic amines is 1. The summed E-state index contributed by atoms with van der Waals surface area (Å²) in [7, 11) is 0. The van der Waals surface area contributed by atoms with E-state index in [9.17, 15) is 13.6 Å². The molecule has 0 aromatic carbocycles. The number of H-pyrrole nitrogens is 1. The Hall–Kier alpha value is -1.27. The molecule has 1 aromatic rings. The van der Waals surface area contributed by atoms with Crippen LogP contribution in [0.2, 0.25) is 0 Å². The fourth-order valence-corrected chi connectivity index (χ4v) is 1.16. The number of nitrogens with two attached hydrogens (primary N) is 1. The van der Waals surface area contributed by atoms with Gasteiger partial charge in [-0.1, -0.05) is 0 Å². The second-order valence-electron chi connectivity index (χ2n) is 2.73. The molecular formula is C8H10F2N2O2. The zero-order chi connectivity index (χ0) is 10.7. The number of halogens is 2. The van der Waals surface area contributed by atoms with E-state index in [-0.39, 0.29) is 12.1 Å². The van der Waals surface area contributed by atoms with E-state index in [0.29, 0.717) is 5.69 Å². The van der Waals surface area contributed by atoms with E-state index in [4.69, 9.17) is 10.8 Å². The Kier molecular flexibility index (Phi) is 3.32. The van der Waals surface area contributed by atoms with Crippen molar-refractivity contribution in [3.63, 3.8) is 0 Å². The standard InChI is InChI=1S/C8H10F2N2O2/c9-7(10)6-4(3-13)1-5(2-11)12-8(6)14/h1,7,13H,2-3,11H2,(H,12,14). The highest BCUT2D eigenvalue weighted by Gasteiger charge is 2.17. The summed E-state index contributed by atoms with van der Waals surface area (Å²) in [4.78, 5) is 13.3. The van der Waals surface area contributed by atoms with E-state index in [1.807, 2.05) is 0 Å². The highest BCUT2D eigenvalue weighted by Crippen LogP contribution is 2.19. The van der Waals surface area contributed by atoms with Gasteiger partial charge in [0.2, 0.25) is 0 Å². The zero-order valence-electron chi connectivity index (χ0n) is 7.26. The third-order valence-corrected chi connectivity index (χ3v) is 1.82. The average molecular weight is 204 g/mol. The summed E-state index contributed by atoms with van der Waals surface area (Å²) in [6.45, 7) is -0.567. The van der Waals surface area contributed by atoms with E-state index in [1.165, 1.54) is 6.07 Å². The second kappa shape index (κ2) is 4.30. The lowest BCUT2D eigenvalue weighted by molar-refractivity contribution is 0.145. The first-order chi connectivity index (χ1) is 6.60. The van der Waals surface area contributed by atoms with Gasteiger partial charge in [-0.15, -0.1) is 0 Å². The second-order valence-corrected chi connectivity index (χ2v) is 2.73. The summed E-state index contributed by atoms with van der Waals surface area (Å²) in [5.41, 5.74) is 3.89. The normalized spacial score (nSPS) is 10.9. The maximum atomic E-state index is 12.3. The fraction of sp³-hybridized carbons (Fsp3) is 0.375. The van der Waals surface area contributed by atoms with Crippen LogP contribution in [0.5, 0.6) is 0 Å². The zero-order valence-corrected chi connectivity index (χ0v) is 7.26. The van der Waals surface area contributed by atoms with Gasteiger partial charge in [-0.3, -0.25) is 4.79 Å². The molecule has 1 rings (SSSR count). The molecule has 0 aliphatic heterocycles. The third-order valence-electron chi connectivity index (χ3n) is 1.82. The van der Waals surface area contributed by atoms with E-state index >= 15 is 0 Å². The lowest BCUT2D eigenvalue weighted by Crippen LogP contribution is -2.19. The Morgan fingerprint density at radius 3 is 2.64 bits per heavy atom. The Labute approximate surface area is 78.4 Å². The molecule has 78 valence electrons. The number of alkyl halides is 2. The van der Waals surface area contributed by atoms with Crippen LogP contribution in [0.15, 0.2) is 10.9 Å². The molecule has 14 heavy (non-hydrogen) atoms. The Morgan fingerprint density at radius 2 is 2.21 bits per heavy atom. The van der Waals surface area contributed by atoms with Crippen LogP contribution in [0.4, 0.5) is 8.78 Å². The molecule has 0 aliphatic rings. The van der Waals surface area contributed by atoms with Gasteiger partial charge in [0.15, 0.2) is 0 Å². The monoisotopic (exact) mass is 204 g/mol.